The molecule has 158 valence electrons. The van der Waals surface area contributed by atoms with Crippen LogP contribution in [0.25, 0.3) is 0 Å². The van der Waals surface area contributed by atoms with Gasteiger partial charge in [-0.3, -0.25) is 9.80 Å². The van der Waals surface area contributed by atoms with Crippen LogP contribution < -0.4 is 9.80 Å². The number of fused-ring (bicyclic) bond motifs is 4. The van der Waals surface area contributed by atoms with Crippen molar-refractivity contribution in [1.82, 2.24) is 0 Å². The number of nitrogens with zero attached hydrogens (tertiary/aromatic N) is 2. The number of hydrogen-bond donors (Lipinski definition) is 2. The van der Waals surface area contributed by atoms with E-state index in [4.69, 9.17) is 0 Å². The summed E-state index contributed by atoms with van der Waals surface area (Å²) in [5.41, 5.74) is 1.21. The minimum atomic E-state index is -0.960. The van der Waals surface area contributed by atoms with Crippen LogP contribution in [0.4, 0.5) is 21.0 Å². The van der Waals surface area contributed by atoms with Gasteiger partial charge in [0.2, 0.25) is 0 Å². The number of benzene rings is 1. The van der Waals surface area contributed by atoms with Crippen LogP contribution in [-0.2, 0) is 0 Å². The summed E-state index contributed by atoms with van der Waals surface area (Å²) in [5, 5.41) is 19.5. The Balaban J connectivity index is 1.30. The van der Waals surface area contributed by atoms with Crippen LogP contribution in [0.15, 0.2) is 48.6 Å². The Hall–Kier alpha value is -2.76. The summed E-state index contributed by atoms with van der Waals surface area (Å²) < 4.78 is 0. The predicted molar refractivity (Wildman–Crippen MR) is 115 cm³/mol. The van der Waals surface area contributed by atoms with Crippen molar-refractivity contribution >= 4 is 23.6 Å². The highest BCUT2D eigenvalue weighted by molar-refractivity contribution is 5.89. The zero-order valence-corrected chi connectivity index (χ0v) is 16.9. The Morgan fingerprint density at radius 2 is 1.10 bits per heavy atom. The van der Waals surface area contributed by atoms with Crippen LogP contribution in [0.3, 0.4) is 0 Å². The summed E-state index contributed by atoms with van der Waals surface area (Å²) in [6, 6.07) is 6.96. The van der Waals surface area contributed by atoms with Crippen molar-refractivity contribution in [2.75, 3.05) is 22.9 Å². The third-order valence-electron chi connectivity index (χ3n) is 7.60. The summed E-state index contributed by atoms with van der Waals surface area (Å²) in [5.74, 6) is 2.88. The number of rotatable bonds is 6. The first-order chi connectivity index (χ1) is 14.5. The second-order valence-electron chi connectivity index (χ2n) is 9.38. The summed E-state index contributed by atoms with van der Waals surface area (Å²) in [4.78, 5) is 26.7. The Labute approximate surface area is 176 Å². The zero-order valence-electron chi connectivity index (χ0n) is 16.9. The van der Waals surface area contributed by atoms with Gasteiger partial charge in [0, 0.05) is 24.5 Å². The second-order valence-corrected chi connectivity index (χ2v) is 9.38. The first kappa shape index (κ1) is 19.2. The lowest BCUT2D eigenvalue weighted by Crippen LogP contribution is -2.36. The van der Waals surface area contributed by atoms with Gasteiger partial charge in [0.1, 0.15) is 0 Å². The first-order valence-corrected chi connectivity index (χ1v) is 11.0. The fourth-order valence-corrected chi connectivity index (χ4v) is 6.08. The third-order valence-corrected chi connectivity index (χ3v) is 7.60. The maximum atomic E-state index is 11.9. The highest BCUT2D eigenvalue weighted by Gasteiger charge is 2.38. The van der Waals surface area contributed by atoms with Crippen molar-refractivity contribution < 1.29 is 19.8 Å². The topological polar surface area (TPSA) is 81.1 Å². The van der Waals surface area contributed by atoms with E-state index < -0.39 is 12.2 Å². The maximum Gasteiger partial charge on any atom is 0.411 e. The summed E-state index contributed by atoms with van der Waals surface area (Å²) in [6.07, 6.45) is 11.4. The standard InChI is InChI=1S/C24H28N2O4/c27-23(28)25(13-19-11-15-1-3-17(19)9-15)21-5-7-22(8-6-21)26(24(29)30)14-20-12-16-2-4-18(20)10-16/h1-8,15-20H,9-14H2,(H,27,28)(H,29,30). The molecular formula is C24H28N2O4. The van der Waals surface area contributed by atoms with Gasteiger partial charge in [-0.1, -0.05) is 24.3 Å². The molecule has 2 N–H and O–H groups in total. The van der Waals surface area contributed by atoms with Gasteiger partial charge >= 0.3 is 12.2 Å². The minimum Gasteiger partial charge on any atom is -0.465 e. The lowest BCUT2D eigenvalue weighted by atomic mass is 9.93. The van der Waals surface area contributed by atoms with Gasteiger partial charge in [0.25, 0.3) is 0 Å². The van der Waals surface area contributed by atoms with Crippen LogP contribution in [0, 0.1) is 35.5 Å². The normalized spacial score (nSPS) is 32.7. The molecule has 0 spiro atoms. The molecule has 4 bridgehead atoms. The van der Waals surface area contributed by atoms with E-state index in [0.717, 1.165) is 25.7 Å². The molecule has 0 heterocycles. The quantitative estimate of drug-likeness (QED) is 0.643. The zero-order chi connectivity index (χ0) is 20.8. The van der Waals surface area contributed by atoms with E-state index >= 15 is 0 Å². The smallest absolute Gasteiger partial charge is 0.411 e. The van der Waals surface area contributed by atoms with Gasteiger partial charge in [-0.25, -0.2) is 9.59 Å². The van der Waals surface area contributed by atoms with Crippen LogP contribution >= 0.6 is 0 Å². The van der Waals surface area contributed by atoms with Crippen LogP contribution in [0.2, 0.25) is 0 Å². The van der Waals surface area contributed by atoms with Crippen molar-refractivity contribution in [3.63, 3.8) is 0 Å². The molecule has 0 aromatic heterocycles. The number of carboxylic acid groups (broad SMARTS) is 2. The minimum absolute atomic E-state index is 0.358. The Bertz CT molecular complexity index is 820. The van der Waals surface area contributed by atoms with Gasteiger partial charge in [-0.2, -0.15) is 0 Å². The predicted octanol–water partition coefficient (Wildman–Crippen LogP) is 5.08. The molecule has 1 aromatic rings. The van der Waals surface area contributed by atoms with Gasteiger partial charge in [0.15, 0.2) is 0 Å². The maximum absolute atomic E-state index is 11.9. The van der Waals surface area contributed by atoms with Crippen molar-refractivity contribution in [3.8, 4) is 0 Å². The van der Waals surface area contributed by atoms with Crippen molar-refractivity contribution in [2.24, 2.45) is 35.5 Å². The van der Waals surface area contributed by atoms with E-state index in [1.54, 1.807) is 24.3 Å². The summed E-state index contributed by atoms with van der Waals surface area (Å²) in [6.45, 7) is 0.973. The number of carbonyl (C=O) groups is 2. The van der Waals surface area contributed by atoms with E-state index in [-0.39, 0.29) is 0 Å². The van der Waals surface area contributed by atoms with Gasteiger partial charge in [0.05, 0.1) is 0 Å². The Kier molecular flexibility index (Phi) is 4.80. The van der Waals surface area contributed by atoms with Gasteiger partial charge in [-0.05, 0) is 85.5 Å². The highest BCUT2D eigenvalue weighted by Crippen LogP contribution is 2.45. The third kappa shape index (κ3) is 3.48. The Morgan fingerprint density at radius 3 is 1.37 bits per heavy atom. The van der Waals surface area contributed by atoms with E-state index in [2.05, 4.69) is 24.3 Å². The van der Waals surface area contributed by atoms with Gasteiger partial charge < -0.3 is 10.2 Å². The lowest BCUT2D eigenvalue weighted by Gasteiger charge is -2.28. The number of hydrogen-bond acceptors (Lipinski definition) is 2. The van der Waals surface area contributed by atoms with E-state index in [1.807, 2.05) is 0 Å². The van der Waals surface area contributed by atoms with E-state index in [9.17, 15) is 19.8 Å². The number of amides is 2. The number of allylic oxidation sites excluding steroid dienone is 4. The van der Waals surface area contributed by atoms with E-state index in [0.29, 0.717) is 60.0 Å². The summed E-state index contributed by atoms with van der Waals surface area (Å²) in [7, 11) is 0. The molecule has 4 aliphatic carbocycles. The van der Waals surface area contributed by atoms with Crippen LogP contribution in [0.5, 0.6) is 0 Å². The average Bonchev–Trinajstić information content (AvgIpc) is 3.52. The van der Waals surface area contributed by atoms with Crippen molar-refractivity contribution in [3.05, 3.63) is 48.6 Å². The largest absolute Gasteiger partial charge is 0.465 e. The van der Waals surface area contributed by atoms with E-state index in [1.165, 1.54) is 9.80 Å². The SMILES string of the molecule is O=C(O)N(CC1CC2C=CC1C2)c1ccc(N(CC2CC3C=CC2C3)C(=O)O)cc1. The molecule has 0 saturated heterocycles. The number of anilines is 2. The van der Waals surface area contributed by atoms with Gasteiger partial charge in [-0.15, -0.1) is 0 Å². The molecule has 0 aliphatic heterocycles. The molecule has 5 rings (SSSR count). The van der Waals surface area contributed by atoms with Crippen molar-refractivity contribution in [1.29, 1.82) is 0 Å². The highest BCUT2D eigenvalue weighted by atomic mass is 16.4. The molecule has 1 aromatic carbocycles. The first-order valence-electron chi connectivity index (χ1n) is 11.0. The molecule has 4 aliphatic rings. The fourth-order valence-electron chi connectivity index (χ4n) is 6.08. The monoisotopic (exact) mass is 408 g/mol. The van der Waals surface area contributed by atoms with Crippen LogP contribution in [0.1, 0.15) is 25.7 Å². The molecule has 2 fully saturated rings. The molecule has 6 heteroatoms. The molecular weight excluding hydrogens is 380 g/mol. The van der Waals surface area contributed by atoms with Crippen molar-refractivity contribution in [2.45, 2.75) is 25.7 Å². The Morgan fingerprint density at radius 1 is 0.700 bits per heavy atom. The molecule has 30 heavy (non-hydrogen) atoms. The molecule has 6 nitrogen and oxygen atoms in total. The molecule has 2 saturated carbocycles. The second kappa shape index (κ2) is 7.49. The molecule has 6 unspecified atom stereocenters. The van der Waals surface area contributed by atoms with Crippen LogP contribution in [-0.4, -0.2) is 35.5 Å². The lowest BCUT2D eigenvalue weighted by molar-refractivity contribution is 0.198. The molecule has 2 amide bonds. The average molecular weight is 408 g/mol. The molecule has 6 atom stereocenters. The fraction of sp³-hybridized carbons (Fsp3) is 0.500. The summed E-state index contributed by atoms with van der Waals surface area (Å²) >= 11 is 0. The molecule has 0 radical (unpaired) electrons.